The number of aliphatic hydroxyl groups is 1. The van der Waals surface area contributed by atoms with E-state index in [9.17, 15) is 10.4 Å². The van der Waals surface area contributed by atoms with Crippen molar-refractivity contribution in [2.45, 2.75) is 33.2 Å². The molecule has 1 rings (SSSR count). The van der Waals surface area contributed by atoms with Crippen LogP contribution in [0.5, 0.6) is 0 Å². The molecule has 0 fully saturated rings. The van der Waals surface area contributed by atoms with Crippen LogP contribution in [0.1, 0.15) is 30.7 Å². The molecule has 0 amide bonds. The second-order valence-corrected chi connectivity index (χ2v) is 4.92. The molecular formula is C13H19N3O. The summed E-state index contributed by atoms with van der Waals surface area (Å²) in [7, 11) is 1.85. The molecule has 0 bridgehead atoms. The van der Waals surface area contributed by atoms with Crippen molar-refractivity contribution < 1.29 is 5.11 Å². The molecular weight excluding hydrogens is 214 g/mol. The second-order valence-electron chi connectivity index (χ2n) is 4.92. The number of rotatable bonds is 3. The topological polar surface area (TPSA) is 60.2 Å². The highest BCUT2D eigenvalue weighted by Crippen LogP contribution is 2.26. The minimum absolute atomic E-state index is 0.00301. The van der Waals surface area contributed by atoms with Gasteiger partial charge < -0.3 is 10.0 Å². The standard InChI is InChI=1S/C13H19N3O/c1-9-6-10(2)15-12(11(9)7-14)16(5)13(3,4)8-17/h6,17H,8H2,1-5H3. The number of nitrogens with zero attached hydrogens (tertiary/aromatic N) is 3. The fourth-order valence-corrected chi connectivity index (χ4v) is 1.59. The molecule has 0 unspecified atom stereocenters. The summed E-state index contributed by atoms with van der Waals surface area (Å²) < 4.78 is 0. The summed E-state index contributed by atoms with van der Waals surface area (Å²) in [6.45, 7) is 7.62. The number of pyridine rings is 1. The van der Waals surface area contributed by atoms with Gasteiger partial charge in [0.05, 0.1) is 17.7 Å². The third kappa shape index (κ3) is 2.56. The van der Waals surface area contributed by atoms with Crippen LogP contribution in [0.3, 0.4) is 0 Å². The van der Waals surface area contributed by atoms with Crippen LogP contribution >= 0.6 is 0 Å². The van der Waals surface area contributed by atoms with Gasteiger partial charge in [-0.15, -0.1) is 0 Å². The van der Waals surface area contributed by atoms with Gasteiger partial charge >= 0.3 is 0 Å². The quantitative estimate of drug-likeness (QED) is 0.864. The van der Waals surface area contributed by atoms with Gasteiger partial charge in [-0.3, -0.25) is 0 Å². The molecule has 4 nitrogen and oxygen atoms in total. The fraction of sp³-hybridized carbons (Fsp3) is 0.538. The van der Waals surface area contributed by atoms with Gasteiger partial charge in [-0.1, -0.05) is 0 Å². The van der Waals surface area contributed by atoms with Crippen LogP contribution in [0.2, 0.25) is 0 Å². The Bertz CT molecular complexity index is 460. The maximum atomic E-state index is 9.38. The molecule has 0 aliphatic rings. The van der Waals surface area contributed by atoms with Crippen molar-refractivity contribution in [2.75, 3.05) is 18.6 Å². The maximum absolute atomic E-state index is 9.38. The van der Waals surface area contributed by atoms with Crippen molar-refractivity contribution in [1.82, 2.24) is 4.98 Å². The van der Waals surface area contributed by atoms with E-state index in [-0.39, 0.29) is 6.61 Å². The van der Waals surface area contributed by atoms with E-state index in [1.165, 1.54) is 0 Å². The number of aromatic nitrogens is 1. The molecule has 0 atom stereocenters. The Kier molecular flexibility index (Phi) is 3.74. The number of nitriles is 1. The van der Waals surface area contributed by atoms with Crippen LogP contribution < -0.4 is 4.90 Å². The van der Waals surface area contributed by atoms with E-state index >= 15 is 0 Å². The van der Waals surface area contributed by atoms with Gasteiger partial charge in [0.1, 0.15) is 11.9 Å². The molecule has 0 spiro atoms. The van der Waals surface area contributed by atoms with Crippen molar-refractivity contribution in [2.24, 2.45) is 0 Å². The zero-order valence-electron chi connectivity index (χ0n) is 11.1. The van der Waals surface area contributed by atoms with Crippen LogP contribution in [0.4, 0.5) is 5.82 Å². The summed E-state index contributed by atoms with van der Waals surface area (Å²) in [5.41, 5.74) is 1.91. The van der Waals surface area contributed by atoms with E-state index in [0.29, 0.717) is 11.4 Å². The van der Waals surface area contributed by atoms with E-state index in [0.717, 1.165) is 11.3 Å². The molecule has 0 aliphatic carbocycles. The number of anilines is 1. The smallest absolute Gasteiger partial charge is 0.147 e. The maximum Gasteiger partial charge on any atom is 0.147 e. The zero-order chi connectivity index (χ0) is 13.2. The Hall–Kier alpha value is -1.60. The molecule has 0 radical (unpaired) electrons. The van der Waals surface area contributed by atoms with Crippen LogP contribution in [-0.4, -0.2) is 29.3 Å². The summed E-state index contributed by atoms with van der Waals surface area (Å²) in [4.78, 5) is 6.26. The lowest BCUT2D eigenvalue weighted by atomic mass is 10.0. The summed E-state index contributed by atoms with van der Waals surface area (Å²) in [5.74, 6) is 0.629. The predicted octanol–water partition coefficient (Wildman–Crippen LogP) is 1.78. The molecule has 1 heterocycles. The lowest BCUT2D eigenvalue weighted by molar-refractivity contribution is 0.215. The van der Waals surface area contributed by atoms with Crippen LogP contribution in [-0.2, 0) is 0 Å². The molecule has 92 valence electrons. The van der Waals surface area contributed by atoms with Crippen LogP contribution in [0.15, 0.2) is 6.07 Å². The minimum atomic E-state index is -0.446. The molecule has 1 N–H and O–H groups in total. The van der Waals surface area contributed by atoms with Gasteiger partial charge in [0.2, 0.25) is 0 Å². The summed E-state index contributed by atoms with van der Waals surface area (Å²) in [6.07, 6.45) is 0. The average molecular weight is 233 g/mol. The predicted molar refractivity (Wildman–Crippen MR) is 68.0 cm³/mol. The van der Waals surface area contributed by atoms with Crippen LogP contribution in [0, 0.1) is 25.2 Å². The summed E-state index contributed by atoms with van der Waals surface area (Å²) >= 11 is 0. The van der Waals surface area contributed by atoms with Crippen molar-refractivity contribution in [3.63, 3.8) is 0 Å². The third-order valence-electron chi connectivity index (χ3n) is 3.05. The molecule has 1 aromatic rings. The van der Waals surface area contributed by atoms with Crippen molar-refractivity contribution >= 4 is 5.82 Å². The highest BCUT2D eigenvalue weighted by molar-refractivity contribution is 5.58. The van der Waals surface area contributed by atoms with E-state index in [1.54, 1.807) is 0 Å². The monoisotopic (exact) mass is 233 g/mol. The van der Waals surface area contributed by atoms with Crippen LogP contribution in [0.25, 0.3) is 0 Å². The number of aryl methyl sites for hydroxylation is 2. The van der Waals surface area contributed by atoms with Crippen molar-refractivity contribution in [1.29, 1.82) is 5.26 Å². The Balaban J connectivity index is 3.36. The molecule has 1 aromatic heterocycles. The van der Waals surface area contributed by atoms with E-state index < -0.39 is 5.54 Å². The Labute approximate surface area is 103 Å². The lowest BCUT2D eigenvalue weighted by Crippen LogP contribution is -2.45. The van der Waals surface area contributed by atoms with E-state index in [1.807, 2.05) is 45.7 Å². The second kappa shape index (κ2) is 4.72. The highest BCUT2D eigenvalue weighted by atomic mass is 16.3. The first kappa shape index (κ1) is 13.5. The lowest BCUT2D eigenvalue weighted by Gasteiger charge is -2.35. The number of hydrogen-bond acceptors (Lipinski definition) is 4. The zero-order valence-corrected chi connectivity index (χ0v) is 11.1. The molecule has 17 heavy (non-hydrogen) atoms. The van der Waals surface area contributed by atoms with Gasteiger partial charge in [-0.2, -0.15) is 5.26 Å². The Morgan fingerprint density at radius 1 is 1.47 bits per heavy atom. The van der Waals surface area contributed by atoms with E-state index in [4.69, 9.17) is 0 Å². The Morgan fingerprint density at radius 3 is 2.53 bits per heavy atom. The fourth-order valence-electron chi connectivity index (χ4n) is 1.59. The number of aliphatic hydroxyl groups excluding tert-OH is 1. The SMILES string of the molecule is Cc1cc(C)c(C#N)c(N(C)C(C)(C)CO)n1. The molecule has 4 heteroatoms. The first-order valence-electron chi connectivity index (χ1n) is 5.56. The largest absolute Gasteiger partial charge is 0.394 e. The third-order valence-corrected chi connectivity index (χ3v) is 3.05. The first-order valence-corrected chi connectivity index (χ1v) is 5.56. The van der Waals surface area contributed by atoms with Crippen molar-refractivity contribution in [3.05, 3.63) is 22.9 Å². The van der Waals surface area contributed by atoms with Gasteiger partial charge in [0.15, 0.2) is 0 Å². The minimum Gasteiger partial charge on any atom is -0.394 e. The Morgan fingerprint density at radius 2 is 2.06 bits per heavy atom. The van der Waals surface area contributed by atoms with Gasteiger partial charge in [0.25, 0.3) is 0 Å². The average Bonchev–Trinajstić information content (AvgIpc) is 2.27. The van der Waals surface area contributed by atoms with Gasteiger partial charge in [-0.25, -0.2) is 4.98 Å². The first-order chi connectivity index (χ1) is 7.83. The van der Waals surface area contributed by atoms with Gasteiger partial charge in [0, 0.05) is 12.7 Å². The highest BCUT2D eigenvalue weighted by Gasteiger charge is 2.26. The summed E-state index contributed by atoms with van der Waals surface area (Å²) in [5, 5.41) is 18.6. The number of hydrogen-bond donors (Lipinski definition) is 1. The van der Waals surface area contributed by atoms with Gasteiger partial charge in [-0.05, 0) is 39.3 Å². The molecule has 0 aliphatic heterocycles. The normalized spacial score (nSPS) is 11.1. The molecule has 0 saturated carbocycles. The van der Waals surface area contributed by atoms with Crippen molar-refractivity contribution in [3.8, 4) is 6.07 Å². The molecule has 0 aromatic carbocycles. The molecule has 0 saturated heterocycles. The number of likely N-dealkylation sites (N-methyl/N-ethyl adjacent to an activating group) is 1. The summed E-state index contributed by atoms with van der Waals surface area (Å²) in [6, 6.07) is 4.07. The van der Waals surface area contributed by atoms with E-state index in [2.05, 4.69) is 11.1 Å².